The molecule has 1 saturated carbocycles. The van der Waals surface area contributed by atoms with Gasteiger partial charge in [0.15, 0.2) is 0 Å². The normalized spacial score (nSPS) is 36.4. The van der Waals surface area contributed by atoms with Crippen molar-refractivity contribution in [1.29, 1.82) is 0 Å². The topological polar surface area (TPSA) is 17.1 Å². The van der Waals surface area contributed by atoms with Gasteiger partial charge in [-0.05, 0) is 47.1 Å². The van der Waals surface area contributed by atoms with Crippen LogP contribution >= 0.6 is 11.6 Å². The van der Waals surface area contributed by atoms with E-state index in [4.69, 9.17) is 11.6 Å². The van der Waals surface area contributed by atoms with E-state index in [0.29, 0.717) is 5.92 Å². The minimum absolute atomic E-state index is 0.188. The highest BCUT2D eigenvalue weighted by molar-refractivity contribution is 6.65. The van der Waals surface area contributed by atoms with Crippen molar-refractivity contribution in [3.05, 3.63) is 35.6 Å². The van der Waals surface area contributed by atoms with Crippen LogP contribution in [0.5, 0.6) is 0 Å². The summed E-state index contributed by atoms with van der Waals surface area (Å²) in [6.45, 7) is 6.19. The summed E-state index contributed by atoms with van der Waals surface area (Å²) in [7, 11) is 0. The molecule has 1 aliphatic rings. The molecule has 1 fully saturated rings. The number of benzene rings is 1. The maximum Gasteiger partial charge on any atom is 0.232 e. The van der Waals surface area contributed by atoms with Crippen molar-refractivity contribution in [2.75, 3.05) is 0 Å². The van der Waals surface area contributed by atoms with Crippen LogP contribution in [0.2, 0.25) is 0 Å². The van der Waals surface area contributed by atoms with Gasteiger partial charge >= 0.3 is 0 Å². The Kier molecular flexibility index (Phi) is 3.03. The highest BCUT2D eigenvalue weighted by atomic mass is 35.5. The van der Waals surface area contributed by atoms with Crippen LogP contribution in [0.3, 0.4) is 0 Å². The highest BCUT2D eigenvalue weighted by Crippen LogP contribution is 2.57. The lowest BCUT2D eigenvalue weighted by atomic mass is 9.46. The minimum atomic E-state index is -0.644. The second-order valence-electron chi connectivity index (χ2n) is 5.09. The van der Waals surface area contributed by atoms with Crippen molar-refractivity contribution in [3.8, 4) is 0 Å². The summed E-state index contributed by atoms with van der Waals surface area (Å²) in [5, 5.41) is -0.331. The number of halogens is 2. The molecular formula is C14H16ClFO. The number of carbonyl (C=O) groups excluding carboxylic acids is 1. The molecule has 0 spiro atoms. The monoisotopic (exact) mass is 254 g/mol. The van der Waals surface area contributed by atoms with Crippen LogP contribution in [-0.4, -0.2) is 5.24 Å². The molecule has 3 heteroatoms. The van der Waals surface area contributed by atoms with E-state index in [1.165, 1.54) is 12.1 Å². The lowest BCUT2D eigenvalue weighted by molar-refractivity contribution is -0.132. The van der Waals surface area contributed by atoms with Crippen LogP contribution in [0.4, 0.5) is 4.39 Å². The summed E-state index contributed by atoms with van der Waals surface area (Å²) < 4.78 is 13.0. The van der Waals surface area contributed by atoms with E-state index in [1.807, 2.05) is 13.8 Å². The summed E-state index contributed by atoms with van der Waals surface area (Å²) in [6, 6.07) is 6.13. The third-order valence-corrected chi connectivity index (χ3v) is 4.97. The average Bonchev–Trinajstić information content (AvgIpc) is 2.31. The summed E-state index contributed by atoms with van der Waals surface area (Å²) in [5.41, 5.74) is 0.186. The number of hydrogen-bond donors (Lipinski definition) is 0. The SMILES string of the molecule is CC1C(C)C(C(=O)Cl)(c2ccc(F)cc2)C1C. The fourth-order valence-corrected chi connectivity index (χ4v) is 3.73. The molecule has 2 unspecified atom stereocenters. The molecule has 0 aromatic heterocycles. The molecule has 1 nitrogen and oxygen atoms in total. The van der Waals surface area contributed by atoms with Gasteiger partial charge in [0.1, 0.15) is 5.82 Å². The summed E-state index contributed by atoms with van der Waals surface area (Å²) in [4.78, 5) is 11.9. The molecule has 92 valence electrons. The predicted octanol–water partition coefficient (Wildman–Crippen LogP) is 3.75. The smallest absolute Gasteiger partial charge is 0.232 e. The maximum absolute atomic E-state index is 13.0. The summed E-state index contributed by atoms with van der Waals surface area (Å²) in [6.07, 6.45) is 0. The first-order chi connectivity index (χ1) is 7.92. The first kappa shape index (κ1) is 12.6. The molecule has 0 aliphatic heterocycles. The van der Waals surface area contributed by atoms with E-state index in [1.54, 1.807) is 12.1 Å². The van der Waals surface area contributed by atoms with Crippen LogP contribution in [0.1, 0.15) is 26.3 Å². The van der Waals surface area contributed by atoms with Crippen molar-refractivity contribution in [3.63, 3.8) is 0 Å². The Morgan fingerprint density at radius 2 is 1.65 bits per heavy atom. The molecule has 2 rings (SSSR count). The molecular weight excluding hydrogens is 239 g/mol. The van der Waals surface area contributed by atoms with Gasteiger partial charge in [-0.15, -0.1) is 0 Å². The van der Waals surface area contributed by atoms with E-state index in [2.05, 4.69) is 6.92 Å². The Morgan fingerprint density at radius 1 is 1.18 bits per heavy atom. The van der Waals surface area contributed by atoms with Gasteiger partial charge in [-0.3, -0.25) is 4.79 Å². The first-order valence-electron chi connectivity index (χ1n) is 5.88. The fourth-order valence-electron chi connectivity index (χ4n) is 3.28. The molecule has 0 N–H and O–H groups in total. The quantitative estimate of drug-likeness (QED) is 0.735. The third-order valence-electron chi connectivity index (χ3n) is 4.66. The second-order valence-corrected chi connectivity index (χ2v) is 5.43. The van der Waals surface area contributed by atoms with Crippen LogP contribution in [0.25, 0.3) is 0 Å². The van der Waals surface area contributed by atoms with Crippen molar-refractivity contribution in [1.82, 2.24) is 0 Å². The fraction of sp³-hybridized carbons (Fsp3) is 0.500. The lowest BCUT2D eigenvalue weighted by Gasteiger charge is -2.56. The van der Waals surface area contributed by atoms with Gasteiger partial charge in [0.25, 0.3) is 0 Å². The van der Waals surface area contributed by atoms with Crippen LogP contribution in [0, 0.1) is 23.6 Å². The summed E-state index contributed by atoms with van der Waals surface area (Å²) >= 11 is 5.83. The molecule has 0 amide bonds. The van der Waals surface area contributed by atoms with Gasteiger partial charge in [-0.25, -0.2) is 4.39 Å². The number of carbonyl (C=O) groups is 1. The highest BCUT2D eigenvalue weighted by Gasteiger charge is 2.60. The molecule has 1 aliphatic carbocycles. The zero-order chi connectivity index (χ0) is 12.8. The van der Waals surface area contributed by atoms with Crippen molar-refractivity contribution in [2.45, 2.75) is 26.2 Å². The molecule has 1 aromatic rings. The zero-order valence-electron chi connectivity index (χ0n) is 10.2. The molecule has 0 heterocycles. The van der Waals surface area contributed by atoms with Crippen molar-refractivity contribution in [2.24, 2.45) is 17.8 Å². The molecule has 1 aromatic carbocycles. The van der Waals surface area contributed by atoms with Gasteiger partial charge < -0.3 is 0 Å². The van der Waals surface area contributed by atoms with Crippen LogP contribution in [0.15, 0.2) is 24.3 Å². The van der Waals surface area contributed by atoms with Crippen molar-refractivity contribution < 1.29 is 9.18 Å². The molecule has 0 bridgehead atoms. The van der Waals surface area contributed by atoms with E-state index in [9.17, 15) is 9.18 Å². The van der Waals surface area contributed by atoms with E-state index < -0.39 is 5.41 Å². The standard InChI is InChI=1S/C14H16ClFO/c1-8-9(2)14(10(8)3,13(15)17)11-4-6-12(16)7-5-11/h4-10H,1-3H3. The van der Waals surface area contributed by atoms with Gasteiger partial charge in [0.05, 0.1) is 5.41 Å². The Morgan fingerprint density at radius 3 is 2.06 bits per heavy atom. The largest absolute Gasteiger partial charge is 0.280 e. The van der Waals surface area contributed by atoms with E-state index in [0.717, 1.165) is 5.56 Å². The van der Waals surface area contributed by atoms with Gasteiger partial charge in [-0.2, -0.15) is 0 Å². The Balaban J connectivity index is 2.50. The zero-order valence-corrected chi connectivity index (χ0v) is 11.0. The Labute approximate surface area is 106 Å². The molecule has 17 heavy (non-hydrogen) atoms. The van der Waals surface area contributed by atoms with Crippen LogP contribution in [-0.2, 0) is 10.2 Å². The van der Waals surface area contributed by atoms with Crippen LogP contribution < -0.4 is 0 Å². The molecule has 2 atom stereocenters. The first-order valence-corrected chi connectivity index (χ1v) is 6.26. The average molecular weight is 255 g/mol. The van der Waals surface area contributed by atoms with Gasteiger partial charge in [0.2, 0.25) is 5.24 Å². The third kappa shape index (κ3) is 1.54. The number of rotatable bonds is 2. The van der Waals surface area contributed by atoms with Crippen molar-refractivity contribution >= 4 is 16.8 Å². The number of hydrogen-bond acceptors (Lipinski definition) is 1. The second kappa shape index (κ2) is 4.09. The lowest BCUT2D eigenvalue weighted by Crippen LogP contribution is -2.60. The van der Waals surface area contributed by atoms with Gasteiger partial charge in [-0.1, -0.05) is 32.9 Å². The minimum Gasteiger partial charge on any atom is -0.280 e. The maximum atomic E-state index is 13.0. The molecule has 0 radical (unpaired) electrons. The van der Waals surface area contributed by atoms with E-state index >= 15 is 0 Å². The summed E-state index contributed by atoms with van der Waals surface area (Å²) in [5.74, 6) is 0.530. The molecule has 0 saturated heterocycles. The van der Waals surface area contributed by atoms with Gasteiger partial charge in [0, 0.05) is 0 Å². The Hall–Kier alpha value is -0.890. The van der Waals surface area contributed by atoms with E-state index in [-0.39, 0.29) is 22.9 Å². The Bertz CT molecular complexity index is 430. The predicted molar refractivity (Wildman–Crippen MR) is 66.4 cm³/mol.